The van der Waals surface area contributed by atoms with E-state index < -0.39 is 5.97 Å². The van der Waals surface area contributed by atoms with Crippen molar-refractivity contribution in [1.82, 2.24) is 19.5 Å². The van der Waals surface area contributed by atoms with Gasteiger partial charge in [-0.25, -0.2) is 14.8 Å². The first kappa shape index (κ1) is 20.5. The fourth-order valence-corrected chi connectivity index (χ4v) is 3.63. The molecule has 0 spiro atoms. The molecule has 0 amide bonds. The summed E-state index contributed by atoms with van der Waals surface area (Å²) in [4.78, 5) is 25.0. The van der Waals surface area contributed by atoms with Crippen LogP contribution in [0.15, 0.2) is 54.7 Å². The maximum atomic E-state index is 11.5. The first-order valence-electron chi connectivity index (χ1n) is 10.3. The fourth-order valence-electron chi connectivity index (χ4n) is 3.63. The lowest BCUT2D eigenvalue weighted by Gasteiger charge is -2.11. The normalized spacial score (nSPS) is 11.0. The minimum absolute atomic E-state index is 0.293. The molecular weight excluding hydrogens is 392 g/mol. The summed E-state index contributed by atoms with van der Waals surface area (Å²) in [7, 11) is 1.55. The number of unbranched alkanes of at least 4 members (excludes halogenated alkanes) is 1. The van der Waals surface area contributed by atoms with Crippen LogP contribution >= 0.6 is 0 Å². The van der Waals surface area contributed by atoms with Crippen LogP contribution in [-0.2, 0) is 13.0 Å². The number of methoxy groups -OCH3 is 1. The monoisotopic (exact) mass is 416 g/mol. The molecule has 2 aromatic carbocycles. The highest BCUT2D eigenvalue weighted by Gasteiger charge is 2.15. The van der Waals surface area contributed by atoms with Crippen LogP contribution in [0.2, 0.25) is 0 Å². The van der Waals surface area contributed by atoms with Crippen LogP contribution in [0, 0.1) is 0 Å². The van der Waals surface area contributed by atoms with Crippen LogP contribution in [0.5, 0.6) is 6.01 Å². The molecule has 7 nitrogen and oxygen atoms in total. The molecule has 0 fully saturated rings. The highest BCUT2D eigenvalue weighted by Crippen LogP contribution is 2.25. The summed E-state index contributed by atoms with van der Waals surface area (Å²) in [5.74, 6) is 0.0402. The van der Waals surface area contributed by atoms with Crippen molar-refractivity contribution < 1.29 is 14.6 Å². The predicted octanol–water partition coefficient (Wildman–Crippen LogP) is 4.59. The molecule has 2 heterocycles. The van der Waals surface area contributed by atoms with Crippen molar-refractivity contribution in [2.45, 2.75) is 32.7 Å². The third-order valence-corrected chi connectivity index (χ3v) is 5.24. The number of benzene rings is 2. The minimum atomic E-state index is -0.932. The van der Waals surface area contributed by atoms with E-state index in [-0.39, 0.29) is 0 Å². The number of aromatic carboxylic acids is 1. The van der Waals surface area contributed by atoms with Crippen molar-refractivity contribution in [3.05, 3.63) is 71.7 Å². The second-order valence-electron chi connectivity index (χ2n) is 7.33. The number of carboxylic acid groups (broad SMARTS) is 1. The van der Waals surface area contributed by atoms with Crippen LogP contribution < -0.4 is 4.74 Å². The zero-order valence-electron chi connectivity index (χ0n) is 17.6. The largest absolute Gasteiger partial charge is 0.478 e. The molecular formula is C24H24N4O3. The molecule has 0 unspecified atom stereocenters. The van der Waals surface area contributed by atoms with Crippen LogP contribution in [0.25, 0.3) is 22.3 Å². The summed E-state index contributed by atoms with van der Waals surface area (Å²) in [6, 6.07) is 15.3. The molecule has 0 aliphatic carbocycles. The standard InChI is InChI=1S/C24H24N4O3/c1-3-4-9-21-26-20-14-25-24(31-2)27-22(20)28(21)15-16-10-12-17(13-11-16)18-7-5-6-8-19(18)23(29)30/h5-8,10-14H,3-4,9,15H2,1-2H3,(H,29,30). The number of hydrogen-bond acceptors (Lipinski definition) is 5. The molecule has 1 N–H and O–H groups in total. The SMILES string of the molecule is CCCCc1nc2cnc(OC)nc2n1Cc1ccc(-c2ccccc2C(=O)O)cc1. The maximum absolute atomic E-state index is 11.5. The summed E-state index contributed by atoms with van der Waals surface area (Å²) in [5.41, 5.74) is 4.44. The lowest BCUT2D eigenvalue weighted by molar-refractivity contribution is 0.0697. The Morgan fingerprint density at radius 2 is 1.87 bits per heavy atom. The van der Waals surface area contributed by atoms with E-state index in [2.05, 4.69) is 21.5 Å². The number of rotatable bonds is 8. The first-order chi connectivity index (χ1) is 15.1. The van der Waals surface area contributed by atoms with Gasteiger partial charge in [0, 0.05) is 6.42 Å². The summed E-state index contributed by atoms with van der Waals surface area (Å²) in [5, 5.41) is 9.46. The lowest BCUT2D eigenvalue weighted by Crippen LogP contribution is -2.07. The molecule has 7 heteroatoms. The van der Waals surface area contributed by atoms with E-state index in [1.807, 2.05) is 36.4 Å². The fraction of sp³-hybridized carbons (Fsp3) is 0.250. The zero-order chi connectivity index (χ0) is 21.8. The molecule has 158 valence electrons. The third kappa shape index (κ3) is 4.26. The molecule has 0 aliphatic rings. The third-order valence-electron chi connectivity index (χ3n) is 5.24. The topological polar surface area (TPSA) is 90.1 Å². The van der Waals surface area contributed by atoms with E-state index in [4.69, 9.17) is 9.72 Å². The van der Waals surface area contributed by atoms with Gasteiger partial charge in [0.15, 0.2) is 5.65 Å². The van der Waals surface area contributed by atoms with Crippen LogP contribution in [0.1, 0.15) is 41.5 Å². The number of carbonyl (C=O) groups is 1. The van der Waals surface area contributed by atoms with Gasteiger partial charge in [-0.05, 0) is 29.2 Å². The van der Waals surface area contributed by atoms with Crippen molar-refractivity contribution in [2.75, 3.05) is 7.11 Å². The Morgan fingerprint density at radius 1 is 1.10 bits per heavy atom. The number of ether oxygens (including phenoxy) is 1. The predicted molar refractivity (Wildman–Crippen MR) is 118 cm³/mol. The lowest BCUT2D eigenvalue weighted by atomic mass is 9.99. The van der Waals surface area contributed by atoms with Gasteiger partial charge in [-0.3, -0.25) is 0 Å². The highest BCUT2D eigenvalue weighted by atomic mass is 16.5. The number of hydrogen-bond donors (Lipinski definition) is 1. The molecule has 0 saturated carbocycles. The molecule has 0 aliphatic heterocycles. The van der Waals surface area contributed by atoms with Gasteiger partial charge < -0.3 is 14.4 Å². The van der Waals surface area contributed by atoms with E-state index in [9.17, 15) is 9.90 Å². The summed E-state index contributed by atoms with van der Waals surface area (Å²) in [6.07, 6.45) is 4.67. The van der Waals surface area contributed by atoms with Crippen molar-refractivity contribution >= 4 is 17.1 Å². The van der Waals surface area contributed by atoms with Gasteiger partial charge in [0.1, 0.15) is 11.3 Å². The van der Waals surface area contributed by atoms with Gasteiger partial charge in [-0.2, -0.15) is 4.98 Å². The Morgan fingerprint density at radius 3 is 2.58 bits per heavy atom. The first-order valence-corrected chi connectivity index (χ1v) is 10.3. The molecule has 4 rings (SSSR count). The number of aryl methyl sites for hydroxylation is 1. The van der Waals surface area contributed by atoms with Gasteiger partial charge in [0.2, 0.25) is 0 Å². The Balaban J connectivity index is 1.68. The average Bonchev–Trinajstić information content (AvgIpc) is 3.14. The number of fused-ring (bicyclic) bond motifs is 1. The molecule has 0 saturated heterocycles. The number of imidazole rings is 1. The minimum Gasteiger partial charge on any atom is -0.478 e. The Kier molecular flexibility index (Phi) is 5.93. The molecule has 0 atom stereocenters. The van der Waals surface area contributed by atoms with Crippen molar-refractivity contribution in [2.24, 2.45) is 0 Å². The Bertz CT molecular complexity index is 1220. The number of nitrogens with zero attached hydrogens (tertiary/aromatic N) is 4. The van der Waals surface area contributed by atoms with Gasteiger partial charge in [-0.15, -0.1) is 0 Å². The van der Waals surface area contributed by atoms with Gasteiger partial charge in [0.05, 0.1) is 25.4 Å². The summed E-state index contributed by atoms with van der Waals surface area (Å²) >= 11 is 0. The van der Waals surface area contributed by atoms with Gasteiger partial charge in [0.25, 0.3) is 0 Å². The van der Waals surface area contributed by atoms with Crippen LogP contribution in [0.3, 0.4) is 0 Å². The Labute approximate surface area is 180 Å². The van der Waals surface area contributed by atoms with E-state index in [0.29, 0.717) is 23.7 Å². The van der Waals surface area contributed by atoms with Crippen molar-refractivity contribution in [1.29, 1.82) is 0 Å². The van der Waals surface area contributed by atoms with Crippen molar-refractivity contribution in [3.8, 4) is 17.1 Å². The maximum Gasteiger partial charge on any atom is 0.336 e. The van der Waals surface area contributed by atoms with Crippen LogP contribution in [0.4, 0.5) is 0 Å². The van der Waals surface area contributed by atoms with E-state index in [1.165, 1.54) is 0 Å². The van der Waals surface area contributed by atoms with Gasteiger partial charge >= 0.3 is 12.0 Å². The molecule has 31 heavy (non-hydrogen) atoms. The van der Waals surface area contributed by atoms with E-state index in [0.717, 1.165) is 47.4 Å². The molecule has 0 radical (unpaired) electrons. The number of carboxylic acids is 1. The Hall–Kier alpha value is -3.74. The zero-order valence-corrected chi connectivity index (χ0v) is 17.6. The number of aromatic nitrogens is 4. The quantitative estimate of drug-likeness (QED) is 0.452. The molecule has 2 aromatic heterocycles. The summed E-state index contributed by atoms with van der Waals surface area (Å²) < 4.78 is 7.31. The average molecular weight is 416 g/mol. The second-order valence-corrected chi connectivity index (χ2v) is 7.33. The molecule has 4 aromatic rings. The van der Waals surface area contributed by atoms with E-state index >= 15 is 0 Å². The van der Waals surface area contributed by atoms with Crippen LogP contribution in [-0.4, -0.2) is 37.7 Å². The summed E-state index contributed by atoms with van der Waals surface area (Å²) in [6.45, 7) is 2.76. The highest BCUT2D eigenvalue weighted by molar-refractivity contribution is 5.96. The molecule has 0 bridgehead atoms. The second kappa shape index (κ2) is 8.95. The van der Waals surface area contributed by atoms with Gasteiger partial charge in [-0.1, -0.05) is 55.8 Å². The van der Waals surface area contributed by atoms with Crippen molar-refractivity contribution in [3.63, 3.8) is 0 Å². The van der Waals surface area contributed by atoms with E-state index in [1.54, 1.807) is 25.4 Å². The smallest absolute Gasteiger partial charge is 0.336 e.